The maximum absolute atomic E-state index is 11.2. The van der Waals surface area contributed by atoms with Crippen molar-refractivity contribution in [2.75, 3.05) is 7.11 Å². The monoisotopic (exact) mass is 216 g/mol. The molecule has 1 aromatic carbocycles. The molecule has 1 aromatic rings. The van der Waals surface area contributed by atoms with Crippen LogP contribution in [-0.2, 0) is 9.53 Å². The van der Waals surface area contributed by atoms with Crippen LogP contribution in [0.4, 0.5) is 0 Å². The molecule has 0 saturated heterocycles. The summed E-state index contributed by atoms with van der Waals surface area (Å²) in [5.41, 5.74) is 2.08. The van der Waals surface area contributed by atoms with E-state index in [2.05, 4.69) is 29.0 Å². The van der Waals surface area contributed by atoms with Crippen molar-refractivity contribution in [1.29, 1.82) is 0 Å². The summed E-state index contributed by atoms with van der Waals surface area (Å²) in [5.74, 6) is 0.862. The molecule has 0 N–H and O–H groups in total. The lowest BCUT2D eigenvalue weighted by atomic mass is 10.1. The molecule has 1 saturated carbocycles. The zero-order valence-corrected chi connectivity index (χ0v) is 9.64. The Morgan fingerprint density at radius 1 is 1.38 bits per heavy atom. The van der Waals surface area contributed by atoms with Crippen LogP contribution in [0, 0.1) is 5.92 Å². The molecule has 0 radical (unpaired) electrons. The van der Waals surface area contributed by atoms with Gasteiger partial charge in [0.15, 0.2) is 0 Å². The molecular weight excluding hydrogens is 200 g/mol. The standard InChI is InChI=1S/C14H16O2/c1-10(14(15)16-2)8-12-9-13(12)11-6-4-3-5-7-11/h3-8,12-13H,9H2,1-2H3/b10-8+/t12-,13-/m0/s1. The van der Waals surface area contributed by atoms with Gasteiger partial charge < -0.3 is 4.74 Å². The van der Waals surface area contributed by atoms with Crippen LogP contribution in [0.15, 0.2) is 42.0 Å². The van der Waals surface area contributed by atoms with Gasteiger partial charge in [-0.15, -0.1) is 0 Å². The molecule has 0 bridgehead atoms. The molecule has 1 fully saturated rings. The lowest BCUT2D eigenvalue weighted by molar-refractivity contribution is -0.136. The lowest BCUT2D eigenvalue weighted by Crippen LogP contribution is -2.01. The third kappa shape index (κ3) is 2.32. The lowest BCUT2D eigenvalue weighted by Gasteiger charge is -1.99. The molecule has 1 aliphatic carbocycles. The Kier molecular flexibility index (Phi) is 3.09. The SMILES string of the molecule is COC(=O)/C(C)=C/[C@H]1C[C@H]1c1ccccc1. The van der Waals surface area contributed by atoms with Gasteiger partial charge in [0.1, 0.15) is 0 Å². The first-order valence-electron chi connectivity index (χ1n) is 5.54. The molecule has 0 spiro atoms. The van der Waals surface area contributed by atoms with E-state index in [0.717, 1.165) is 6.42 Å². The van der Waals surface area contributed by atoms with E-state index in [1.807, 2.05) is 19.1 Å². The highest BCUT2D eigenvalue weighted by molar-refractivity contribution is 5.87. The van der Waals surface area contributed by atoms with E-state index in [9.17, 15) is 4.79 Å². The molecule has 2 atom stereocenters. The summed E-state index contributed by atoms with van der Waals surface area (Å²) < 4.78 is 4.67. The van der Waals surface area contributed by atoms with Crippen LogP contribution < -0.4 is 0 Å². The summed E-state index contributed by atoms with van der Waals surface area (Å²) in [5, 5.41) is 0. The zero-order valence-electron chi connectivity index (χ0n) is 9.64. The Morgan fingerprint density at radius 3 is 2.69 bits per heavy atom. The van der Waals surface area contributed by atoms with Gasteiger partial charge in [0.2, 0.25) is 0 Å². The minimum atomic E-state index is -0.223. The summed E-state index contributed by atoms with van der Waals surface area (Å²) in [6, 6.07) is 10.4. The smallest absolute Gasteiger partial charge is 0.333 e. The predicted octanol–water partition coefficient (Wildman–Crippen LogP) is 2.91. The topological polar surface area (TPSA) is 26.3 Å². The molecule has 2 rings (SSSR count). The van der Waals surface area contributed by atoms with Crippen molar-refractivity contribution in [2.45, 2.75) is 19.3 Å². The summed E-state index contributed by atoms with van der Waals surface area (Å²) >= 11 is 0. The van der Waals surface area contributed by atoms with Crippen LogP contribution in [0.3, 0.4) is 0 Å². The van der Waals surface area contributed by atoms with E-state index in [4.69, 9.17) is 0 Å². The first-order chi connectivity index (χ1) is 7.72. The second kappa shape index (κ2) is 4.52. The van der Waals surface area contributed by atoms with Gasteiger partial charge >= 0.3 is 5.97 Å². The number of hydrogen-bond donors (Lipinski definition) is 0. The Labute approximate surface area is 95.9 Å². The summed E-state index contributed by atoms with van der Waals surface area (Å²) in [7, 11) is 1.42. The first kappa shape index (κ1) is 10.9. The molecule has 2 nitrogen and oxygen atoms in total. The largest absolute Gasteiger partial charge is 0.466 e. The number of hydrogen-bond acceptors (Lipinski definition) is 2. The minimum absolute atomic E-state index is 0.223. The van der Waals surface area contributed by atoms with E-state index in [1.54, 1.807) is 0 Å². The van der Waals surface area contributed by atoms with Crippen molar-refractivity contribution >= 4 is 5.97 Å². The molecular formula is C14H16O2. The quantitative estimate of drug-likeness (QED) is 0.573. The van der Waals surface area contributed by atoms with Crippen LogP contribution >= 0.6 is 0 Å². The Bertz CT molecular complexity index is 406. The molecule has 84 valence electrons. The summed E-state index contributed by atoms with van der Waals surface area (Å²) in [6.45, 7) is 1.81. The Hall–Kier alpha value is -1.57. The number of esters is 1. The van der Waals surface area contributed by atoms with Gasteiger partial charge in [0, 0.05) is 5.57 Å². The molecule has 0 amide bonds. The number of carbonyl (C=O) groups is 1. The highest BCUT2D eigenvalue weighted by atomic mass is 16.5. The van der Waals surface area contributed by atoms with Crippen molar-refractivity contribution < 1.29 is 9.53 Å². The zero-order chi connectivity index (χ0) is 11.5. The molecule has 2 heteroatoms. The van der Waals surface area contributed by atoms with Crippen LogP contribution in [0.2, 0.25) is 0 Å². The van der Waals surface area contributed by atoms with Crippen LogP contribution in [0.1, 0.15) is 24.8 Å². The van der Waals surface area contributed by atoms with Crippen molar-refractivity contribution in [3.8, 4) is 0 Å². The van der Waals surface area contributed by atoms with Gasteiger partial charge in [0.25, 0.3) is 0 Å². The Morgan fingerprint density at radius 2 is 2.06 bits per heavy atom. The molecule has 0 aromatic heterocycles. The second-order valence-corrected chi connectivity index (χ2v) is 4.26. The fourth-order valence-electron chi connectivity index (χ4n) is 2.03. The Balaban J connectivity index is 2.00. The van der Waals surface area contributed by atoms with Gasteiger partial charge in [0.05, 0.1) is 7.11 Å². The number of rotatable bonds is 3. The molecule has 0 heterocycles. The van der Waals surface area contributed by atoms with E-state index in [1.165, 1.54) is 12.7 Å². The highest BCUT2D eigenvalue weighted by Gasteiger charge is 2.36. The summed E-state index contributed by atoms with van der Waals surface area (Å²) in [6.07, 6.45) is 3.17. The molecule has 16 heavy (non-hydrogen) atoms. The average Bonchev–Trinajstić information content (AvgIpc) is 3.08. The first-order valence-corrected chi connectivity index (χ1v) is 5.54. The van der Waals surface area contributed by atoms with Crippen LogP contribution in [0.25, 0.3) is 0 Å². The number of allylic oxidation sites excluding steroid dienone is 1. The highest BCUT2D eigenvalue weighted by Crippen LogP contribution is 2.48. The third-order valence-electron chi connectivity index (χ3n) is 3.04. The van der Waals surface area contributed by atoms with Gasteiger partial charge in [-0.25, -0.2) is 4.79 Å². The maximum atomic E-state index is 11.2. The summed E-state index contributed by atoms with van der Waals surface area (Å²) in [4.78, 5) is 11.2. The normalized spacial score (nSPS) is 24.0. The molecule has 1 aliphatic rings. The number of carbonyl (C=O) groups excluding carboxylic acids is 1. The average molecular weight is 216 g/mol. The minimum Gasteiger partial charge on any atom is -0.466 e. The fourth-order valence-corrected chi connectivity index (χ4v) is 2.03. The van der Waals surface area contributed by atoms with Gasteiger partial charge in [-0.2, -0.15) is 0 Å². The number of benzene rings is 1. The van der Waals surface area contributed by atoms with Crippen LogP contribution in [-0.4, -0.2) is 13.1 Å². The third-order valence-corrected chi connectivity index (χ3v) is 3.04. The van der Waals surface area contributed by atoms with Crippen molar-refractivity contribution in [2.24, 2.45) is 5.92 Å². The predicted molar refractivity (Wildman–Crippen MR) is 63.1 cm³/mol. The number of ether oxygens (including phenoxy) is 1. The number of methoxy groups -OCH3 is 1. The van der Waals surface area contributed by atoms with Gasteiger partial charge in [-0.1, -0.05) is 36.4 Å². The van der Waals surface area contributed by atoms with Gasteiger partial charge in [-0.3, -0.25) is 0 Å². The fraction of sp³-hybridized carbons (Fsp3) is 0.357. The van der Waals surface area contributed by atoms with E-state index in [0.29, 0.717) is 17.4 Å². The van der Waals surface area contributed by atoms with Crippen molar-refractivity contribution in [3.05, 3.63) is 47.5 Å². The van der Waals surface area contributed by atoms with Crippen LogP contribution in [0.5, 0.6) is 0 Å². The molecule has 0 aliphatic heterocycles. The van der Waals surface area contributed by atoms with Crippen molar-refractivity contribution in [3.63, 3.8) is 0 Å². The molecule has 0 unspecified atom stereocenters. The second-order valence-electron chi connectivity index (χ2n) is 4.26. The van der Waals surface area contributed by atoms with E-state index >= 15 is 0 Å². The maximum Gasteiger partial charge on any atom is 0.333 e. The van der Waals surface area contributed by atoms with Crippen molar-refractivity contribution in [1.82, 2.24) is 0 Å². The van der Waals surface area contributed by atoms with E-state index < -0.39 is 0 Å². The van der Waals surface area contributed by atoms with E-state index in [-0.39, 0.29) is 5.97 Å². The van der Waals surface area contributed by atoms with Gasteiger partial charge in [-0.05, 0) is 30.7 Å².